The van der Waals surface area contributed by atoms with Gasteiger partial charge in [0.25, 0.3) is 0 Å². The average molecular weight is 315 g/mol. The summed E-state index contributed by atoms with van der Waals surface area (Å²) in [6, 6.07) is 3.71. The second-order valence-electron chi connectivity index (χ2n) is 3.83. The van der Waals surface area contributed by atoms with Gasteiger partial charge in [-0.3, -0.25) is 4.79 Å². The van der Waals surface area contributed by atoms with Crippen LogP contribution in [-0.4, -0.2) is 21.0 Å². The van der Waals surface area contributed by atoms with Crippen LogP contribution in [0.1, 0.15) is 16.1 Å². The number of carbonyl (C=O) groups is 1. The van der Waals surface area contributed by atoms with E-state index in [1.807, 2.05) is 19.1 Å². The standard InChI is InChI=1S/C12H11ClN2O2S2/c1-7-9(5-11(16)17)19-12(15-7)18-6-8-2-3-14-10(13)4-8/h2-4H,5-6H2,1H3,(H,16,17). The van der Waals surface area contributed by atoms with Gasteiger partial charge in [-0.1, -0.05) is 23.4 Å². The SMILES string of the molecule is Cc1nc(SCc2ccnc(Cl)c2)sc1CC(=O)O. The van der Waals surface area contributed by atoms with Crippen molar-refractivity contribution in [1.82, 2.24) is 9.97 Å². The van der Waals surface area contributed by atoms with Crippen LogP contribution >= 0.6 is 34.7 Å². The van der Waals surface area contributed by atoms with E-state index in [9.17, 15) is 4.79 Å². The Bertz CT molecular complexity index is 601. The summed E-state index contributed by atoms with van der Waals surface area (Å²) in [6.45, 7) is 1.84. The Morgan fingerprint density at radius 2 is 2.37 bits per heavy atom. The van der Waals surface area contributed by atoms with Crippen LogP contribution in [0.15, 0.2) is 22.7 Å². The van der Waals surface area contributed by atoms with E-state index in [1.165, 1.54) is 11.3 Å². The summed E-state index contributed by atoms with van der Waals surface area (Å²) in [7, 11) is 0. The van der Waals surface area contributed by atoms with Gasteiger partial charge in [0.2, 0.25) is 0 Å². The number of aromatic nitrogens is 2. The molecule has 2 aromatic heterocycles. The van der Waals surface area contributed by atoms with Crippen molar-refractivity contribution in [2.75, 3.05) is 0 Å². The lowest BCUT2D eigenvalue weighted by atomic mass is 10.3. The van der Waals surface area contributed by atoms with Gasteiger partial charge in [-0.25, -0.2) is 9.97 Å². The highest BCUT2D eigenvalue weighted by atomic mass is 35.5. The molecule has 0 aromatic carbocycles. The Hall–Kier alpha value is -1.11. The fourth-order valence-corrected chi connectivity index (χ4v) is 3.81. The van der Waals surface area contributed by atoms with Crippen molar-refractivity contribution >= 4 is 40.7 Å². The monoisotopic (exact) mass is 314 g/mol. The third-order valence-electron chi connectivity index (χ3n) is 2.34. The summed E-state index contributed by atoms with van der Waals surface area (Å²) in [5.41, 5.74) is 1.86. The number of carboxylic acid groups (broad SMARTS) is 1. The van der Waals surface area contributed by atoms with Crippen molar-refractivity contribution in [1.29, 1.82) is 0 Å². The molecule has 0 aliphatic heterocycles. The minimum atomic E-state index is -0.829. The van der Waals surface area contributed by atoms with Crippen molar-refractivity contribution < 1.29 is 9.90 Å². The molecular formula is C12H11ClN2O2S2. The number of thioether (sulfide) groups is 1. The Balaban J connectivity index is 2.02. The van der Waals surface area contributed by atoms with Gasteiger partial charge in [0.15, 0.2) is 4.34 Å². The third-order valence-corrected chi connectivity index (χ3v) is 4.92. The maximum absolute atomic E-state index is 10.7. The number of aliphatic carboxylic acids is 1. The largest absolute Gasteiger partial charge is 0.481 e. The second-order valence-corrected chi connectivity index (χ2v) is 6.53. The van der Waals surface area contributed by atoms with Gasteiger partial charge < -0.3 is 5.11 Å². The molecule has 0 amide bonds. The predicted molar refractivity (Wildman–Crippen MR) is 77.0 cm³/mol. The van der Waals surface area contributed by atoms with Crippen LogP contribution in [0.4, 0.5) is 0 Å². The van der Waals surface area contributed by atoms with Gasteiger partial charge in [-0.2, -0.15) is 0 Å². The van der Waals surface area contributed by atoms with Crippen LogP contribution in [0.5, 0.6) is 0 Å². The van der Waals surface area contributed by atoms with Crippen molar-refractivity contribution in [3.63, 3.8) is 0 Å². The fourth-order valence-electron chi connectivity index (χ4n) is 1.44. The summed E-state index contributed by atoms with van der Waals surface area (Å²) >= 11 is 8.82. The molecule has 0 fully saturated rings. The van der Waals surface area contributed by atoms with Gasteiger partial charge >= 0.3 is 5.97 Å². The van der Waals surface area contributed by atoms with Gasteiger partial charge in [-0.05, 0) is 24.6 Å². The lowest BCUT2D eigenvalue weighted by molar-refractivity contribution is -0.136. The molecule has 0 saturated heterocycles. The van der Waals surface area contributed by atoms with Crippen LogP contribution in [0, 0.1) is 6.92 Å². The quantitative estimate of drug-likeness (QED) is 0.676. The minimum Gasteiger partial charge on any atom is -0.481 e. The van der Waals surface area contributed by atoms with Crippen molar-refractivity contribution in [2.24, 2.45) is 0 Å². The molecule has 0 saturated carbocycles. The van der Waals surface area contributed by atoms with Gasteiger partial charge in [0, 0.05) is 16.8 Å². The minimum absolute atomic E-state index is 0.0329. The lowest BCUT2D eigenvalue weighted by Gasteiger charge is -1.98. The Kier molecular flexibility index (Phi) is 4.79. The van der Waals surface area contributed by atoms with E-state index < -0.39 is 5.97 Å². The van der Waals surface area contributed by atoms with E-state index >= 15 is 0 Å². The molecule has 4 nitrogen and oxygen atoms in total. The predicted octanol–water partition coefficient (Wildman–Crippen LogP) is 3.42. The first kappa shape index (κ1) is 14.3. The number of hydrogen-bond acceptors (Lipinski definition) is 5. The zero-order chi connectivity index (χ0) is 13.8. The van der Waals surface area contributed by atoms with Gasteiger partial charge in [0.1, 0.15) is 5.15 Å². The molecule has 2 rings (SSSR count). The maximum Gasteiger partial charge on any atom is 0.308 e. The molecule has 19 heavy (non-hydrogen) atoms. The topological polar surface area (TPSA) is 63.1 Å². The first-order valence-corrected chi connectivity index (χ1v) is 7.64. The molecule has 1 N–H and O–H groups in total. The van der Waals surface area contributed by atoms with Crippen molar-refractivity contribution in [2.45, 2.75) is 23.4 Å². The molecule has 0 unspecified atom stereocenters. The fraction of sp³-hybridized carbons (Fsp3) is 0.250. The summed E-state index contributed by atoms with van der Waals surface area (Å²) in [5, 5.41) is 9.26. The van der Waals surface area contributed by atoms with Crippen LogP contribution < -0.4 is 0 Å². The van der Waals surface area contributed by atoms with Gasteiger partial charge in [0.05, 0.1) is 12.1 Å². The highest BCUT2D eigenvalue weighted by molar-refractivity contribution is 8.00. The highest BCUT2D eigenvalue weighted by Gasteiger charge is 2.11. The Labute approximate surface area is 123 Å². The Morgan fingerprint density at radius 3 is 3.05 bits per heavy atom. The van der Waals surface area contributed by atoms with E-state index in [4.69, 9.17) is 16.7 Å². The molecule has 100 valence electrons. The zero-order valence-corrected chi connectivity index (χ0v) is 12.5. The van der Waals surface area contributed by atoms with E-state index in [1.54, 1.807) is 18.0 Å². The molecule has 0 spiro atoms. The molecule has 0 aliphatic carbocycles. The number of halogens is 1. The molecule has 2 aromatic rings. The van der Waals surface area contributed by atoms with Crippen LogP contribution in [0.3, 0.4) is 0 Å². The molecule has 2 heterocycles. The normalized spacial score (nSPS) is 10.6. The van der Waals surface area contributed by atoms with Crippen LogP contribution in [-0.2, 0) is 17.0 Å². The van der Waals surface area contributed by atoms with Crippen LogP contribution in [0.2, 0.25) is 5.15 Å². The maximum atomic E-state index is 10.7. The molecule has 0 atom stereocenters. The lowest BCUT2D eigenvalue weighted by Crippen LogP contribution is -1.99. The van der Waals surface area contributed by atoms with Crippen molar-refractivity contribution in [3.05, 3.63) is 39.6 Å². The number of nitrogens with zero attached hydrogens (tertiary/aromatic N) is 2. The molecule has 0 bridgehead atoms. The van der Waals surface area contributed by atoms with Crippen LogP contribution in [0.25, 0.3) is 0 Å². The number of pyridine rings is 1. The van der Waals surface area contributed by atoms with E-state index in [0.717, 1.165) is 26.2 Å². The average Bonchev–Trinajstić information content (AvgIpc) is 2.67. The number of rotatable bonds is 5. The Morgan fingerprint density at radius 1 is 1.58 bits per heavy atom. The third kappa shape index (κ3) is 4.19. The molecular weight excluding hydrogens is 304 g/mol. The summed E-state index contributed by atoms with van der Waals surface area (Å²) < 4.78 is 0.877. The molecule has 7 heteroatoms. The number of hydrogen-bond donors (Lipinski definition) is 1. The second kappa shape index (κ2) is 6.36. The number of thiazole rings is 1. The molecule has 0 aliphatic rings. The first-order valence-electron chi connectivity index (χ1n) is 5.46. The van der Waals surface area contributed by atoms with E-state index in [2.05, 4.69) is 9.97 Å². The zero-order valence-electron chi connectivity index (χ0n) is 10.1. The summed E-state index contributed by atoms with van der Waals surface area (Å²) in [5.74, 6) is -0.0916. The summed E-state index contributed by atoms with van der Waals surface area (Å²) in [4.78, 5) is 19.8. The summed E-state index contributed by atoms with van der Waals surface area (Å²) in [6.07, 6.45) is 1.70. The molecule has 0 radical (unpaired) electrons. The van der Waals surface area contributed by atoms with E-state index in [0.29, 0.717) is 5.15 Å². The number of carboxylic acids is 1. The highest BCUT2D eigenvalue weighted by Crippen LogP contribution is 2.30. The first-order chi connectivity index (χ1) is 9.04. The van der Waals surface area contributed by atoms with E-state index in [-0.39, 0.29) is 6.42 Å². The van der Waals surface area contributed by atoms with Gasteiger partial charge in [-0.15, -0.1) is 11.3 Å². The van der Waals surface area contributed by atoms with Crippen molar-refractivity contribution in [3.8, 4) is 0 Å². The smallest absolute Gasteiger partial charge is 0.308 e. The number of aryl methyl sites for hydroxylation is 1.